The molecule has 3 aromatic heterocycles. The summed E-state index contributed by atoms with van der Waals surface area (Å²) < 4.78 is 3.61. The van der Waals surface area contributed by atoms with E-state index < -0.39 is 0 Å². The number of fused-ring (bicyclic) bond motifs is 1. The number of rotatable bonds is 5. The molecule has 0 radical (unpaired) electrons. The molecule has 3 heterocycles. The van der Waals surface area contributed by atoms with Gasteiger partial charge < -0.3 is 5.73 Å². The number of hydrogen-bond donors (Lipinski definition) is 1. The van der Waals surface area contributed by atoms with Gasteiger partial charge in [0.2, 0.25) is 0 Å². The smallest absolute Gasteiger partial charge is 0.252 e. The van der Waals surface area contributed by atoms with Crippen molar-refractivity contribution in [1.82, 2.24) is 34.3 Å². The minimum Gasteiger partial charge on any atom is -0.321 e. The highest BCUT2D eigenvalue weighted by molar-refractivity contribution is 5.31. The van der Waals surface area contributed by atoms with Gasteiger partial charge in [0.15, 0.2) is 11.6 Å². The predicted molar refractivity (Wildman–Crippen MR) is 88.3 cm³/mol. The summed E-state index contributed by atoms with van der Waals surface area (Å²) in [4.78, 5) is 13.6. The first kappa shape index (κ1) is 15.2. The van der Waals surface area contributed by atoms with E-state index in [9.17, 15) is 0 Å². The molecule has 126 valence electrons. The Hall–Kier alpha value is -2.35. The third kappa shape index (κ3) is 2.77. The summed E-state index contributed by atoms with van der Waals surface area (Å²) in [6, 6.07) is 1.97. The molecule has 0 aliphatic heterocycles. The quantitative estimate of drug-likeness (QED) is 0.752. The van der Waals surface area contributed by atoms with Crippen LogP contribution in [0.2, 0.25) is 0 Å². The fourth-order valence-electron chi connectivity index (χ4n) is 3.00. The highest BCUT2D eigenvalue weighted by Crippen LogP contribution is 2.38. The predicted octanol–water partition coefficient (Wildman–Crippen LogP) is 1.06. The average molecular weight is 326 g/mol. The summed E-state index contributed by atoms with van der Waals surface area (Å²) in [7, 11) is 1.91. The van der Waals surface area contributed by atoms with Crippen LogP contribution in [0.25, 0.3) is 5.78 Å². The van der Waals surface area contributed by atoms with E-state index >= 15 is 0 Å². The van der Waals surface area contributed by atoms with E-state index in [2.05, 4.69) is 25.1 Å². The molecule has 8 heteroatoms. The Morgan fingerprint density at radius 2 is 1.96 bits per heavy atom. The van der Waals surface area contributed by atoms with Crippen molar-refractivity contribution in [3.8, 4) is 0 Å². The minimum atomic E-state index is -0.0342. The van der Waals surface area contributed by atoms with Crippen LogP contribution in [0.4, 0.5) is 0 Å². The van der Waals surface area contributed by atoms with E-state index in [0.717, 1.165) is 35.3 Å². The Bertz CT molecular complexity index is 889. The zero-order chi connectivity index (χ0) is 16.8. The van der Waals surface area contributed by atoms with Crippen LogP contribution < -0.4 is 5.73 Å². The van der Waals surface area contributed by atoms with Crippen molar-refractivity contribution >= 4 is 5.78 Å². The van der Waals surface area contributed by atoms with Crippen molar-refractivity contribution in [3.05, 3.63) is 34.9 Å². The molecule has 0 spiro atoms. The molecule has 4 rings (SSSR count). The van der Waals surface area contributed by atoms with Crippen LogP contribution in [0.15, 0.2) is 6.07 Å². The van der Waals surface area contributed by atoms with Gasteiger partial charge in [0.1, 0.15) is 5.82 Å². The molecular weight excluding hydrogens is 304 g/mol. The molecule has 1 fully saturated rings. The second kappa shape index (κ2) is 5.62. The van der Waals surface area contributed by atoms with Crippen molar-refractivity contribution < 1.29 is 0 Å². The Morgan fingerprint density at radius 3 is 2.71 bits per heavy atom. The fraction of sp³-hybridized carbons (Fsp3) is 0.562. The lowest BCUT2D eigenvalue weighted by atomic mass is 10.2. The number of aromatic nitrogens is 7. The summed E-state index contributed by atoms with van der Waals surface area (Å²) in [5.74, 6) is 3.65. The van der Waals surface area contributed by atoms with E-state index in [4.69, 9.17) is 5.73 Å². The van der Waals surface area contributed by atoms with Crippen molar-refractivity contribution in [2.24, 2.45) is 18.7 Å². The highest BCUT2D eigenvalue weighted by atomic mass is 15.3. The fourth-order valence-corrected chi connectivity index (χ4v) is 3.00. The summed E-state index contributed by atoms with van der Waals surface area (Å²) in [6.45, 7) is 3.97. The first-order valence-corrected chi connectivity index (χ1v) is 8.36. The summed E-state index contributed by atoms with van der Waals surface area (Å²) in [5, 5.41) is 9.01. The lowest BCUT2D eigenvalue weighted by Crippen LogP contribution is -2.14. The van der Waals surface area contributed by atoms with Crippen LogP contribution >= 0.6 is 0 Å². The van der Waals surface area contributed by atoms with Crippen LogP contribution in [-0.2, 0) is 19.9 Å². The van der Waals surface area contributed by atoms with Gasteiger partial charge in [-0.2, -0.15) is 10.1 Å². The average Bonchev–Trinajstić information content (AvgIpc) is 3.20. The maximum absolute atomic E-state index is 6.20. The summed E-state index contributed by atoms with van der Waals surface area (Å²) >= 11 is 0. The Morgan fingerprint density at radius 1 is 1.17 bits per heavy atom. The van der Waals surface area contributed by atoms with Gasteiger partial charge in [-0.3, -0.25) is 4.68 Å². The molecule has 24 heavy (non-hydrogen) atoms. The molecule has 1 aliphatic rings. The molecule has 1 unspecified atom stereocenters. The largest absolute Gasteiger partial charge is 0.321 e. The Labute approximate surface area is 140 Å². The van der Waals surface area contributed by atoms with E-state index in [1.165, 1.54) is 12.8 Å². The lowest BCUT2D eigenvalue weighted by Gasteiger charge is -2.02. The molecule has 0 saturated heterocycles. The summed E-state index contributed by atoms with van der Waals surface area (Å²) in [6.07, 6.45) is 3.81. The molecule has 1 atom stereocenters. The van der Waals surface area contributed by atoms with Gasteiger partial charge in [0, 0.05) is 31.3 Å². The Kier molecular flexibility index (Phi) is 3.56. The van der Waals surface area contributed by atoms with Gasteiger partial charge in [-0.1, -0.05) is 0 Å². The van der Waals surface area contributed by atoms with E-state index in [-0.39, 0.29) is 6.04 Å². The van der Waals surface area contributed by atoms with Crippen LogP contribution in [0, 0.1) is 19.8 Å². The molecule has 1 saturated carbocycles. The third-order valence-corrected chi connectivity index (χ3v) is 4.53. The van der Waals surface area contributed by atoms with Crippen molar-refractivity contribution in [1.29, 1.82) is 0 Å². The van der Waals surface area contributed by atoms with Crippen LogP contribution in [0.3, 0.4) is 0 Å². The van der Waals surface area contributed by atoms with Gasteiger partial charge in [-0.25, -0.2) is 14.5 Å². The standard InChI is InChI=1S/C16H22N8/c1-9-8-10(2)24-16(18-9)19-12(21-24)6-7-13-20-15(22-23(13)3)14(17)11-4-5-11/h8,11,14H,4-7,17H2,1-3H3. The van der Waals surface area contributed by atoms with Crippen LogP contribution in [-0.4, -0.2) is 34.3 Å². The van der Waals surface area contributed by atoms with Gasteiger partial charge in [0.25, 0.3) is 5.78 Å². The number of nitrogens with two attached hydrogens (primary N) is 1. The van der Waals surface area contributed by atoms with Crippen molar-refractivity contribution in [3.63, 3.8) is 0 Å². The van der Waals surface area contributed by atoms with E-state index in [0.29, 0.717) is 18.1 Å². The zero-order valence-electron chi connectivity index (χ0n) is 14.3. The van der Waals surface area contributed by atoms with E-state index in [1.807, 2.05) is 31.6 Å². The first-order valence-electron chi connectivity index (χ1n) is 8.36. The van der Waals surface area contributed by atoms with Gasteiger partial charge in [-0.15, -0.1) is 5.10 Å². The highest BCUT2D eigenvalue weighted by Gasteiger charge is 2.32. The molecular formula is C16H22N8. The monoisotopic (exact) mass is 326 g/mol. The van der Waals surface area contributed by atoms with Gasteiger partial charge in [-0.05, 0) is 38.7 Å². The summed E-state index contributed by atoms with van der Waals surface area (Å²) in [5.41, 5.74) is 8.18. The van der Waals surface area contributed by atoms with Crippen LogP contribution in [0.5, 0.6) is 0 Å². The molecule has 0 amide bonds. The van der Waals surface area contributed by atoms with E-state index in [1.54, 1.807) is 4.52 Å². The lowest BCUT2D eigenvalue weighted by molar-refractivity contribution is 0.584. The number of nitrogens with zero attached hydrogens (tertiary/aromatic N) is 7. The normalized spacial score (nSPS) is 16.0. The minimum absolute atomic E-state index is 0.0342. The number of aryl methyl sites for hydroxylation is 5. The van der Waals surface area contributed by atoms with Crippen molar-refractivity contribution in [2.75, 3.05) is 0 Å². The third-order valence-electron chi connectivity index (χ3n) is 4.53. The molecule has 0 bridgehead atoms. The molecule has 0 aromatic carbocycles. The van der Waals surface area contributed by atoms with Crippen LogP contribution in [0.1, 0.15) is 47.7 Å². The second-order valence-corrected chi connectivity index (χ2v) is 6.65. The SMILES string of the molecule is Cc1cc(C)n2nc(CCc3nc(C(N)C4CC4)nn3C)nc2n1. The second-order valence-electron chi connectivity index (χ2n) is 6.65. The molecule has 8 nitrogen and oxygen atoms in total. The maximum atomic E-state index is 6.20. The topological polar surface area (TPSA) is 99.8 Å². The van der Waals surface area contributed by atoms with Crippen molar-refractivity contribution in [2.45, 2.75) is 45.6 Å². The Balaban J connectivity index is 1.51. The molecule has 1 aliphatic carbocycles. The number of hydrogen-bond acceptors (Lipinski definition) is 6. The van der Waals surface area contributed by atoms with Gasteiger partial charge in [0.05, 0.1) is 6.04 Å². The zero-order valence-corrected chi connectivity index (χ0v) is 14.3. The first-order chi connectivity index (χ1) is 11.5. The maximum Gasteiger partial charge on any atom is 0.252 e. The molecule has 2 N–H and O–H groups in total. The van der Waals surface area contributed by atoms with Gasteiger partial charge >= 0.3 is 0 Å². The molecule has 3 aromatic rings.